The van der Waals surface area contributed by atoms with E-state index in [0.717, 1.165) is 18.1 Å². The van der Waals surface area contributed by atoms with Gasteiger partial charge in [-0.3, -0.25) is 4.98 Å². The zero-order valence-electron chi connectivity index (χ0n) is 33.4. The molecule has 6 aromatic carbocycles. The molecule has 0 radical (unpaired) electrons. The van der Waals surface area contributed by atoms with E-state index in [9.17, 15) is 0 Å². The number of pyridine rings is 1. The van der Waals surface area contributed by atoms with Gasteiger partial charge in [-0.05, 0) is 104 Å². The second kappa shape index (κ2) is 12.2. The van der Waals surface area contributed by atoms with Crippen LogP contribution in [0.1, 0.15) is 75.1 Å². The van der Waals surface area contributed by atoms with Crippen molar-refractivity contribution in [1.82, 2.24) is 9.55 Å². The average molecular weight is 729 g/mol. The Bertz CT molecular complexity index is 2770. The summed E-state index contributed by atoms with van der Waals surface area (Å²) < 4.78 is 2.47. The number of fused-ring (bicyclic) bond motifs is 7. The summed E-state index contributed by atoms with van der Waals surface area (Å²) in [5.74, 6) is 0. The molecule has 0 bridgehead atoms. The molecule has 3 heterocycles. The number of aromatic nitrogens is 2. The van der Waals surface area contributed by atoms with Crippen LogP contribution in [0, 0.1) is 0 Å². The number of para-hydroxylation sites is 3. The summed E-state index contributed by atoms with van der Waals surface area (Å²) in [5, 5.41) is 2.50. The van der Waals surface area contributed by atoms with E-state index in [1.54, 1.807) is 0 Å². The molecule has 2 aromatic heterocycles. The molecule has 10 rings (SSSR count). The lowest BCUT2D eigenvalue weighted by atomic mass is 9.69. The first-order valence-corrected chi connectivity index (χ1v) is 19.9. The third-order valence-electron chi connectivity index (χ3n) is 12.4. The minimum atomic E-state index is -0.622. The second-order valence-corrected chi connectivity index (χ2v) is 17.8. The molecule has 0 amide bonds. The maximum absolute atomic E-state index is 5.21. The van der Waals surface area contributed by atoms with E-state index in [-0.39, 0.29) is 10.8 Å². The van der Waals surface area contributed by atoms with Crippen molar-refractivity contribution >= 4 is 38.9 Å². The zero-order chi connectivity index (χ0) is 38.6. The number of anilines is 3. The van der Waals surface area contributed by atoms with E-state index >= 15 is 0 Å². The first-order chi connectivity index (χ1) is 26.9. The third kappa shape index (κ3) is 5.01. The topological polar surface area (TPSA) is 24.3 Å². The van der Waals surface area contributed by atoms with E-state index in [2.05, 4.69) is 202 Å². The molecule has 0 spiro atoms. The van der Waals surface area contributed by atoms with E-state index < -0.39 is 5.41 Å². The number of rotatable bonds is 4. The molecular weight excluding hydrogens is 681 g/mol. The average Bonchev–Trinajstić information content (AvgIpc) is 3.82. The van der Waals surface area contributed by atoms with Gasteiger partial charge in [-0.25, -0.2) is 0 Å². The van der Waals surface area contributed by atoms with E-state index in [4.69, 9.17) is 4.98 Å². The molecule has 0 N–H and O–H groups in total. The molecule has 4 nitrogen and oxygen atoms in total. The summed E-state index contributed by atoms with van der Waals surface area (Å²) >= 11 is 0. The largest absolute Gasteiger partial charge is 0.355 e. The highest BCUT2D eigenvalue weighted by molar-refractivity contribution is 6.10. The molecule has 4 heteroatoms. The van der Waals surface area contributed by atoms with Crippen LogP contribution in [0.3, 0.4) is 0 Å². The maximum Gasteiger partial charge on any atom is 0.0950 e. The maximum atomic E-state index is 5.21. The molecule has 1 aliphatic carbocycles. The van der Waals surface area contributed by atoms with Gasteiger partial charge in [0.25, 0.3) is 0 Å². The van der Waals surface area contributed by atoms with Gasteiger partial charge in [0.2, 0.25) is 0 Å². The van der Waals surface area contributed by atoms with Gasteiger partial charge >= 0.3 is 0 Å². The lowest BCUT2D eigenvalue weighted by molar-refractivity contribution is 0.589. The van der Waals surface area contributed by atoms with Crippen molar-refractivity contribution in [3.63, 3.8) is 0 Å². The highest BCUT2D eigenvalue weighted by Crippen LogP contribution is 2.57. The van der Waals surface area contributed by atoms with Crippen molar-refractivity contribution in [2.75, 3.05) is 23.5 Å². The van der Waals surface area contributed by atoms with Crippen LogP contribution in [0.4, 0.5) is 17.1 Å². The Balaban J connectivity index is 1.24. The van der Waals surface area contributed by atoms with Crippen LogP contribution in [0.15, 0.2) is 152 Å². The molecule has 0 atom stereocenters. The van der Waals surface area contributed by atoms with Gasteiger partial charge < -0.3 is 14.4 Å². The fourth-order valence-electron chi connectivity index (χ4n) is 9.47. The van der Waals surface area contributed by atoms with Gasteiger partial charge in [0.15, 0.2) is 0 Å². The highest BCUT2D eigenvalue weighted by Gasteiger charge is 2.48. The smallest absolute Gasteiger partial charge is 0.0950 e. The van der Waals surface area contributed by atoms with Crippen LogP contribution < -0.4 is 9.80 Å². The molecule has 56 heavy (non-hydrogen) atoms. The van der Waals surface area contributed by atoms with Gasteiger partial charge in [0.05, 0.1) is 40.2 Å². The Kier molecular flexibility index (Phi) is 7.48. The van der Waals surface area contributed by atoms with Gasteiger partial charge in [0.1, 0.15) is 0 Å². The molecule has 8 aromatic rings. The van der Waals surface area contributed by atoms with Crippen molar-refractivity contribution in [3.8, 4) is 16.8 Å². The summed E-state index contributed by atoms with van der Waals surface area (Å²) in [6.07, 6.45) is 1.95. The van der Waals surface area contributed by atoms with Crippen LogP contribution in [-0.4, -0.2) is 23.3 Å². The van der Waals surface area contributed by atoms with Crippen molar-refractivity contribution in [2.24, 2.45) is 0 Å². The van der Waals surface area contributed by atoms with Crippen molar-refractivity contribution in [2.45, 2.75) is 57.8 Å². The van der Waals surface area contributed by atoms with Crippen LogP contribution in [0.5, 0.6) is 0 Å². The Labute approximate surface area is 330 Å². The number of benzene rings is 6. The second-order valence-electron chi connectivity index (χ2n) is 17.8. The lowest BCUT2D eigenvalue weighted by Crippen LogP contribution is -2.30. The fourth-order valence-corrected chi connectivity index (χ4v) is 9.47. The van der Waals surface area contributed by atoms with E-state index in [1.165, 1.54) is 77.8 Å². The summed E-state index contributed by atoms with van der Waals surface area (Å²) in [6.45, 7) is 14.7. The molecule has 1 aliphatic heterocycles. The fraction of sp³-hybridized carbons (Fsp3) is 0.212. The molecule has 2 aliphatic rings. The monoisotopic (exact) mass is 728 g/mol. The number of hydrogen-bond acceptors (Lipinski definition) is 3. The van der Waals surface area contributed by atoms with Crippen LogP contribution in [-0.2, 0) is 16.2 Å². The van der Waals surface area contributed by atoms with Crippen molar-refractivity contribution in [1.29, 1.82) is 0 Å². The SMILES string of the molecule is CN1CN(c2ccc3c4ccccc4n(-c4cccc(C5(c6ccccn6)c6ccc(C(C)(C)C)cc6-c6cc(C(C)(C)C)ccc65)c4)c3c2)c2ccccc21. The standard InChI is InChI=1S/C52H48N4/c1-50(2,3)34-22-26-43-41(30-34)42-31-35(51(4,5)6)23-27-44(42)52(43,49-21-12-13-28-53-49)36-15-14-16-38(29-36)56-45-18-9-8-17-39(45)40-25-24-37(32-48(40)56)55-33-54(7)46-19-10-11-20-47(46)55/h8-32H,33H2,1-7H3. The lowest BCUT2D eigenvalue weighted by Gasteiger charge is -2.33. The normalized spacial score (nSPS) is 14.7. The Morgan fingerprint density at radius 3 is 1.86 bits per heavy atom. The van der Waals surface area contributed by atoms with E-state index in [1.807, 2.05) is 12.3 Å². The van der Waals surface area contributed by atoms with Gasteiger partial charge in [-0.2, -0.15) is 0 Å². The summed E-state index contributed by atoms with van der Waals surface area (Å²) in [7, 11) is 2.17. The molecule has 0 fully saturated rings. The molecular formula is C52H48N4. The van der Waals surface area contributed by atoms with Gasteiger partial charge in [-0.1, -0.05) is 133 Å². The van der Waals surface area contributed by atoms with Crippen LogP contribution in [0.2, 0.25) is 0 Å². The summed E-state index contributed by atoms with van der Waals surface area (Å²) in [5.41, 5.74) is 16.7. The minimum Gasteiger partial charge on any atom is -0.355 e. The number of nitrogens with zero attached hydrogens (tertiary/aromatic N) is 4. The molecule has 0 unspecified atom stereocenters. The van der Waals surface area contributed by atoms with Crippen molar-refractivity contribution in [3.05, 3.63) is 185 Å². The molecule has 0 saturated carbocycles. The predicted molar refractivity (Wildman–Crippen MR) is 235 cm³/mol. The Hall–Kier alpha value is -6.13. The zero-order valence-corrected chi connectivity index (χ0v) is 33.4. The number of hydrogen-bond donors (Lipinski definition) is 0. The predicted octanol–water partition coefficient (Wildman–Crippen LogP) is 12.7. The third-order valence-corrected chi connectivity index (χ3v) is 12.4. The van der Waals surface area contributed by atoms with E-state index in [0.29, 0.717) is 0 Å². The molecule has 276 valence electrons. The first-order valence-electron chi connectivity index (χ1n) is 19.9. The molecule has 0 saturated heterocycles. The van der Waals surface area contributed by atoms with Gasteiger partial charge in [-0.15, -0.1) is 0 Å². The van der Waals surface area contributed by atoms with Crippen molar-refractivity contribution < 1.29 is 0 Å². The van der Waals surface area contributed by atoms with Gasteiger partial charge in [0, 0.05) is 35.4 Å². The highest BCUT2D eigenvalue weighted by atomic mass is 15.4. The van der Waals surface area contributed by atoms with Crippen LogP contribution >= 0.6 is 0 Å². The summed E-state index contributed by atoms with van der Waals surface area (Å²) in [4.78, 5) is 9.95. The quantitative estimate of drug-likeness (QED) is 0.180. The van der Waals surface area contributed by atoms with Crippen LogP contribution in [0.25, 0.3) is 38.6 Å². The first kappa shape index (κ1) is 34.4. The summed E-state index contributed by atoms with van der Waals surface area (Å²) in [6, 6.07) is 54.6. The Morgan fingerprint density at radius 1 is 0.536 bits per heavy atom. The Morgan fingerprint density at radius 2 is 1.18 bits per heavy atom. The minimum absolute atomic E-state index is 0.00887.